The predicted molar refractivity (Wildman–Crippen MR) is 54.9 cm³/mol. The lowest BCUT2D eigenvalue weighted by molar-refractivity contribution is -0.124. The van der Waals surface area contributed by atoms with Gasteiger partial charge in [0.1, 0.15) is 0 Å². The van der Waals surface area contributed by atoms with Crippen molar-refractivity contribution >= 4 is 5.78 Å². The molecule has 2 aliphatic rings. The number of aliphatic hydroxyl groups is 1. The molecule has 2 aliphatic carbocycles. The van der Waals surface area contributed by atoms with E-state index in [9.17, 15) is 4.79 Å². The predicted octanol–water partition coefficient (Wildman–Crippen LogP) is 2.07. The van der Waals surface area contributed by atoms with Crippen LogP contribution in [0, 0.1) is 11.3 Å². The number of carbonyl (C=O) groups excluding carboxylic acids is 1. The standard InChI is InChI=1S/C12H18O2/c1-12-6-3-2-4-10(12)11(14)9(8-13)5-7-12/h4,9,13H,2-3,5-8H2,1H3. The average molecular weight is 194 g/mol. The molecule has 0 aromatic carbocycles. The van der Waals surface area contributed by atoms with Gasteiger partial charge < -0.3 is 5.11 Å². The van der Waals surface area contributed by atoms with Gasteiger partial charge in [0.15, 0.2) is 5.78 Å². The Morgan fingerprint density at radius 3 is 3.07 bits per heavy atom. The van der Waals surface area contributed by atoms with Gasteiger partial charge in [0.05, 0.1) is 6.61 Å². The van der Waals surface area contributed by atoms with E-state index < -0.39 is 0 Å². The summed E-state index contributed by atoms with van der Waals surface area (Å²) in [5.41, 5.74) is 1.13. The molecule has 2 rings (SSSR count). The van der Waals surface area contributed by atoms with Crippen LogP contribution in [0.4, 0.5) is 0 Å². The van der Waals surface area contributed by atoms with Gasteiger partial charge in [-0.15, -0.1) is 0 Å². The van der Waals surface area contributed by atoms with E-state index in [0.29, 0.717) is 0 Å². The molecule has 1 N–H and O–H groups in total. The fraction of sp³-hybridized carbons (Fsp3) is 0.750. The highest BCUT2D eigenvalue weighted by molar-refractivity contribution is 5.99. The summed E-state index contributed by atoms with van der Waals surface area (Å²) in [6.07, 6.45) is 7.42. The molecule has 0 aliphatic heterocycles. The fourth-order valence-corrected chi connectivity index (χ4v) is 2.80. The van der Waals surface area contributed by atoms with Crippen molar-refractivity contribution in [3.8, 4) is 0 Å². The minimum atomic E-state index is -0.118. The molecule has 1 fully saturated rings. The molecule has 0 heterocycles. The number of Topliss-reactive ketones (excluding diaryl/α,β-unsaturated/α-hetero) is 1. The summed E-state index contributed by atoms with van der Waals surface area (Å²) in [6.45, 7) is 2.22. The van der Waals surface area contributed by atoms with E-state index in [0.717, 1.165) is 31.3 Å². The molecule has 14 heavy (non-hydrogen) atoms. The van der Waals surface area contributed by atoms with Gasteiger partial charge in [-0.25, -0.2) is 0 Å². The summed E-state index contributed by atoms with van der Waals surface area (Å²) >= 11 is 0. The second-order valence-corrected chi connectivity index (χ2v) is 4.85. The lowest BCUT2D eigenvalue weighted by atomic mass is 9.63. The highest BCUT2D eigenvalue weighted by atomic mass is 16.3. The van der Waals surface area contributed by atoms with E-state index in [4.69, 9.17) is 5.11 Å². The summed E-state index contributed by atoms with van der Waals surface area (Å²) in [5.74, 6) is 0.0911. The maximum Gasteiger partial charge on any atom is 0.164 e. The van der Waals surface area contributed by atoms with Crippen LogP contribution in [0.25, 0.3) is 0 Å². The summed E-state index contributed by atoms with van der Waals surface area (Å²) < 4.78 is 0. The van der Waals surface area contributed by atoms with Crippen molar-refractivity contribution in [1.29, 1.82) is 0 Å². The van der Waals surface area contributed by atoms with E-state index in [1.54, 1.807) is 0 Å². The molecule has 0 amide bonds. The number of allylic oxidation sites excluding steroid dienone is 2. The van der Waals surface area contributed by atoms with Crippen molar-refractivity contribution in [2.75, 3.05) is 6.61 Å². The monoisotopic (exact) mass is 194 g/mol. The van der Waals surface area contributed by atoms with Gasteiger partial charge >= 0.3 is 0 Å². The molecule has 0 saturated heterocycles. The maximum atomic E-state index is 12.0. The van der Waals surface area contributed by atoms with Crippen molar-refractivity contribution < 1.29 is 9.90 Å². The second kappa shape index (κ2) is 3.50. The van der Waals surface area contributed by atoms with E-state index >= 15 is 0 Å². The largest absolute Gasteiger partial charge is 0.396 e. The lowest BCUT2D eigenvalue weighted by Crippen LogP contribution is -2.37. The van der Waals surface area contributed by atoms with Crippen LogP contribution in [0.15, 0.2) is 11.6 Å². The van der Waals surface area contributed by atoms with Gasteiger partial charge in [-0.1, -0.05) is 13.0 Å². The summed E-state index contributed by atoms with van der Waals surface area (Å²) in [7, 11) is 0. The van der Waals surface area contributed by atoms with Crippen LogP contribution in [0.3, 0.4) is 0 Å². The van der Waals surface area contributed by atoms with Crippen LogP contribution < -0.4 is 0 Å². The Morgan fingerprint density at radius 1 is 1.57 bits per heavy atom. The highest BCUT2D eigenvalue weighted by Crippen LogP contribution is 2.46. The maximum absolute atomic E-state index is 12.0. The minimum absolute atomic E-state index is 0.0201. The Bertz CT molecular complexity index is 280. The zero-order valence-corrected chi connectivity index (χ0v) is 8.75. The van der Waals surface area contributed by atoms with E-state index in [-0.39, 0.29) is 23.7 Å². The molecule has 0 aromatic rings. The molecule has 0 radical (unpaired) electrons. The van der Waals surface area contributed by atoms with Gasteiger partial charge in [0, 0.05) is 5.92 Å². The zero-order chi connectivity index (χ0) is 10.2. The van der Waals surface area contributed by atoms with Crippen molar-refractivity contribution in [3.05, 3.63) is 11.6 Å². The van der Waals surface area contributed by atoms with Gasteiger partial charge in [0.2, 0.25) is 0 Å². The van der Waals surface area contributed by atoms with Crippen LogP contribution in [0.2, 0.25) is 0 Å². The molecule has 2 atom stereocenters. The normalized spacial score (nSPS) is 37.7. The molecule has 0 aromatic heterocycles. The molecule has 2 unspecified atom stereocenters. The van der Waals surface area contributed by atoms with Crippen LogP contribution in [0.1, 0.15) is 39.0 Å². The molecular weight excluding hydrogens is 176 g/mol. The highest BCUT2D eigenvalue weighted by Gasteiger charge is 2.41. The second-order valence-electron chi connectivity index (χ2n) is 4.85. The smallest absolute Gasteiger partial charge is 0.164 e. The zero-order valence-electron chi connectivity index (χ0n) is 8.75. The number of hydrogen-bond donors (Lipinski definition) is 1. The topological polar surface area (TPSA) is 37.3 Å². The summed E-state index contributed by atoms with van der Waals surface area (Å²) in [6, 6.07) is 0. The minimum Gasteiger partial charge on any atom is -0.396 e. The number of carbonyl (C=O) groups is 1. The van der Waals surface area contributed by atoms with Crippen molar-refractivity contribution in [1.82, 2.24) is 0 Å². The first-order chi connectivity index (χ1) is 6.67. The molecule has 0 spiro atoms. The molecule has 0 bridgehead atoms. The SMILES string of the molecule is CC12CCCC=C1C(=O)C(CO)CC2. The van der Waals surface area contributed by atoms with Crippen LogP contribution in [-0.4, -0.2) is 17.5 Å². The Kier molecular flexibility index (Phi) is 2.48. The van der Waals surface area contributed by atoms with Crippen LogP contribution >= 0.6 is 0 Å². The Hall–Kier alpha value is -0.630. The van der Waals surface area contributed by atoms with Gasteiger partial charge in [0.25, 0.3) is 0 Å². The number of rotatable bonds is 1. The number of ketones is 1. The van der Waals surface area contributed by atoms with E-state index in [1.165, 1.54) is 6.42 Å². The third kappa shape index (κ3) is 1.42. The number of aliphatic hydroxyl groups excluding tert-OH is 1. The summed E-state index contributed by atoms with van der Waals surface area (Å²) in [5, 5.41) is 9.09. The molecule has 2 heteroatoms. The third-order valence-corrected chi connectivity index (χ3v) is 3.83. The van der Waals surface area contributed by atoms with Crippen LogP contribution in [-0.2, 0) is 4.79 Å². The first-order valence-electron chi connectivity index (χ1n) is 5.53. The molecule has 1 saturated carbocycles. The Morgan fingerprint density at radius 2 is 2.36 bits per heavy atom. The van der Waals surface area contributed by atoms with Crippen molar-refractivity contribution in [3.63, 3.8) is 0 Å². The summed E-state index contributed by atoms with van der Waals surface area (Å²) in [4.78, 5) is 12.0. The quantitative estimate of drug-likeness (QED) is 0.694. The van der Waals surface area contributed by atoms with Gasteiger partial charge in [-0.2, -0.15) is 0 Å². The lowest BCUT2D eigenvalue weighted by Gasteiger charge is -2.40. The molecular formula is C12H18O2. The Labute approximate surface area is 85.0 Å². The van der Waals surface area contributed by atoms with Gasteiger partial charge in [-0.05, 0) is 43.1 Å². The average Bonchev–Trinajstić information content (AvgIpc) is 2.18. The Balaban J connectivity index is 2.28. The van der Waals surface area contributed by atoms with E-state index in [2.05, 4.69) is 13.0 Å². The molecule has 2 nitrogen and oxygen atoms in total. The van der Waals surface area contributed by atoms with Crippen LogP contribution in [0.5, 0.6) is 0 Å². The first kappa shape index (κ1) is 9.91. The van der Waals surface area contributed by atoms with E-state index in [1.807, 2.05) is 0 Å². The van der Waals surface area contributed by atoms with Crippen molar-refractivity contribution in [2.24, 2.45) is 11.3 Å². The fourth-order valence-electron chi connectivity index (χ4n) is 2.80. The van der Waals surface area contributed by atoms with Crippen molar-refractivity contribution in [2.45, 2.75) is 39.0 Å². The van der Waals surface area contributed by atoms with Gasteiger partial charge in [-0.3, -0.25) is 4.79 Å². The first-order valence-corrected chi connectivity index (χ1v) is 5.53. The molecule has 78 valence electrons. The number of hydrogen-bond acceptors (Lipinski definition) is 2. The third-order valence-electron chi connectivity index (χ3n) is 3.83. The number of fused-ring (bicyclic) bond motifs is 1.